The van der Waals surface area contributed by atoms with Crippen molar-refractivity contribution in [2.24, 2.45) is 5.92 Å². The number of carbonyl (C=O) groups excluding carboxylic acids is 1. The molecule has 0 heterocycles. The fourth-order valence-electron chi connectivity index (χ4n) is 1.97. The number of aliphatic carboxylic acids is 1. The van der Waals surface area contributed by atoms with Gasteiger partial charge in [-0.3, -0.25) is 4.79 Å². The molecular weight excluding hydrogens is 256 g/mol. The van der Waals surface area contributed by atoms with Crippen LogP contribution in [0.4, 0.5) is 8.78 Å². The standard InChI is InChI=1S/C13H13F2NO3/c1-13(12(18)19,7-5-6-7)16-11(17)8-3-2-4-9(14)10(8)15/h2-4,7H,5-6H2,1H3,(H,16,17)(H,18,19). The molecule has 6 heteroatoms. The third kappa shape index (κ3) is 2.43. The Morgan fingerprint density at radius 3 is 2.53 bits per heavy atom. The van der Waals surface area contributed by atoms with Crippen LogP contribution in [0.1, 0.15) is 30.1 Å². The van der Waals surface area contributed by atoms with E-state index < -0.39 is 34.6 Å². The largest absolute Gasteiger partial charge is 0.480 e. The van der Waals surface area contributed by atoms with Crippen LogP contribution in [0.3, 0.4) is 0 Å². The van der Waals surface area contributed by atoms with Crippen molar-refractivity contribution in [2.75, 3.05) is 0 Å². The molecule has 4 nitrogen and oxygen atoms in total. The summed E-state index contributed by atoms with van der Waals surface area (Å²) in [5, 5.41) is 11.5. The molecule has 2 N–H and O–H groups in total. The lowest BCUT2D eigenvalue weighted by Crippen LogP contribution is -2.54. The Bertz CT molecular complexity index is 543. The Kier molecular flexibility index (Phi) is 3.26. The minimum Gasteiger partial charge on any atom is -0.480 e. The van der Waals surface area contributed by atoms with Gasteiger partial charge >= 0.3 is 5.97 Å². The van der Waals surface area contributed by atoms with Crippen molar-refractivity contribution in [1.29, 1.82) is 0 Å². The first-order valence-corrected chi connectivity index (χ1v) is 5.86. The molecule has 0 spiro atoms. The molecule has 0 bridgehead atoms. The van der Waals surface area contributed by atoms with E-state index >= 15 is 0 Å². The number of carboxylic acid groups (broad SMARTS) is 1. The molecule has 19 heavy (non-hydrogen) atoms. The van der Waals surface area contributed by atoms with Gasteiger partial charge in [0.15, 0.2) is 11.6 Å². The molecule has 1 aromatic rings. The van der Waals surface area contributed by atoms with Crippen LogP contribution in [0.5, 0.6) is 0 Å². The first-order valence-electron chi connectivity index (χ1n) is 5.86. The lowest BCUT2D eigenvalue weighted by atomic mass is 9.95. The van der Waals surface area contributed by atoms with Crippen LogP contribution in [0.15, 0.2) is 18.2 Å². The van der Waals surface area contributed by atoms with Crippen LogP contribution in [0, 0.1) is 17.6 Å². The molecule has 1 atom stereocenters. The van der Waals surface area contributed by atoms with E-state index in [2.05, 4.69) is 5.32 Å². The van der Waals surface area contributed by atoms with Gasteiger partial charge in [0, 0.05) is 0 Å². The Balaban J connectivity index is 2.25. The molecule has 0 saturated heterocycles. The van der Waals surface area contributed by atoms with E-state index in [1.165, 1.54) is 13.0 Å². The summed E-state index contributed by atoms with van der Waals surface area (Å²) in [4.78, 5) is 23.1. The van der Waals surface area contributed by atoms with Gasteiger partial charge in [-0.15, -0.1) is 0 Å². The van der Waals surface area contributed by atoms with Crippen LogP contribution >= 0.6 is 0 Å². The van der Waals surface area contributed by atoms with Crippen molar-refractivity contribution in [3.63, 3.8) is 0 Å². The molecule has 1 unspecified atom stereocenters. The molecule has 102 valence electrons. The first-order chi connectivity index (χ1) is 8.86. The molecule has 1 aliphatic carbocycles. The van der Waals surface area contributed by atoms with E-state index in [0.717, 1.165) is 12.1 Å². The molecule has 1 saturated carbocycles. The smallest absolute Gasteiger partial charge is 0.329 e. The third-order valence-corrected chi connectivity index (χ3v) is 3.41. The first kappa shape index (κ1) is 13.5. The van der Waals surface area contributed by atoms with Crippen LogP contribution in [0.25, 0.3) is 0 Å². The second kappa shape index (κ2) is 4.60. The molecule has 0 radical (unpaired) electrons. The predicted molar refractivity (Wildman–Crippen MR) is 62.6 cm³/mol. The number of hydrogen-bond donors (Lipinski definition) is 2. The van der Waals surface area contributed by atoms with E-state index in [1.54, 1.807) is 0 Å². The zero-order valence-corrected chi connectivity index (χ0v) is 10.2. The Morgan fingerprint density at radius 2 is 2.00 bits per heavy atom. The summed E-state index contributed by atoms with van der Waals surface area (Å²) >= 11 is 0. The number of halogens is 2. The van der Waals surface area contributed by atoms with Crippen LogP contribution < -0.4 is 5.32 Å². The van der Waals surface area contributed by atoms with Gasteiger partial charge in [-0.25, -0.2) is 13.6 Å². The number of rotatable bonds is 4. The summed E-state index contributed by atoms with van der Waals surface area (Å²) in [5.41, 5.74) is -1.94. The molecule has 1 fully saturated rings. The lowest BCUT2D eigenvalue weighted by Gasteiger charge is -2.26. The Hall–Kier alpha value is -1.98. The fraction of sp³-hybridized carbons (Fsp3) is 0.385. The van der Waals surface area contributed by atoms with Gasteiger partial charge in [-0.05, 0) is 37.8 Å². The van der Waals surface area contributed by atoms with Crippen molar-refractivity contribution in [3.05, 3.63) is 35.4 Å². The van der Waals surface area contributed by atoms with Crippen LogP contribution in [0.2, 0.25) is 0 Å². The highest BCUT2D eigenvalue weighted by Crippen LogP contribution is 2.39. The summed E-state index contributed by atoms with van der Waals surface area (Å²) in [6.45, 7) is 1.38. The monoisotopic (exact) mass is 269 g/mol. The van der Waals surface area contributed by atoms with E-state index in [-0.39, 0.29) is 5.92 Å². The second-order valence-corrected chi connectivity index (χ2v) is 4.84. The molecule has 0 aromatic heterocycles. The van der Waals surface area contributed by atoms with Gasteiger partial charge < -0.3 is 10.4 Å². The summed E-state index contributed by atoms with van der Waals surface area (Å²) in [6, 6.07) is 3.20. The third-order valence-electron chi connectivity index (χ3n) is 3.41. The average Bonchev–Trinajstić information content (AvgIpc) is 3.16. The molecule has 1 amide bonds. The SMILES string of the molecule is CC(NC(=O)c1cccc(F)c1F)(C(=O)O)C1CC1. The molecule has 0 aliphatic heterocycles. The minimum atomic E-state index is -1.45. The Labute approximate surface area is 108 Å². The highest BCUT2D eigenvalue weighted by molar-refractivity contribution is 5.98. The molecule has 1 aromatic carbocycles. The second-order valence-electron chi connectivity index (χ2n) is 4.84. The van der Waals surface area contributed by atoms with Gasteiger partial charge in [-0.1, -0.05) is 6.07 Å². The maximum Gasteiger partial charge on any atom is 0.329 e. The number of benzene rings is 1. The van der Waals surface area contributed by atoms with Gasteiger partial charge in [0.05, 0.1) is 5.56 Å². The van der Waals surface area contributed by atoms with E-state index in [9.17, 15) is 23.5 Å². The number of hydrogen-bond acceptors (Lipinski definition) is 2. The van der Waals surface area contributed by atoms with Crippen molar-refractivity contribution in [2.45, 2.75) is 25.3 Å². The maximum absolute atomic E-state index is 13.5. The highest BCUT2D eigenvalue weighted by Gasteiger charge is 2.48. The molecule has 1 aliphatic rings. The van der Waals surface area contributed by atoms with Gasteiger partial charge in [0.1, 0.15) is 5.54 Å². The predicted octanol–water partition coefficient (Wildman–Crippen LogP) is 1.95. The van der Waals surface area contributed by atoms with Gasteiger partial charge in [0.2, 0.25) is 0 Å². The topological polar surface area (TPSA) is 66.4 Å². The molecular formula is C13H13F2NO3. The maximum atomic E-state index is 13.5. The lowest BCUT2D eigenvalue weighted by molar-refractivity contribution is -0.144. The van der Waals surface area contributed by atoms with Crippen molar-refractivity contribution in [3.8, 4) is 0 Å². The van der Waals surface area contributed by atoms with Crippen molar-refractivity contribution in [1.82, 2.24) is 5.32 Å². The average molecular weight is 269 g/mol. The fourth-order valence-corrected chi connectivity index (χ4v) is 1.97. The molecule has 2 rings (SSSR count). The van der Waals surface area contributed by atoms with E-state index in [0.29, 0.717) is 12.8 Å². The quantitative estimate of drug-likeness (QED) is 0.878. The summed E-state index contributed by atoms with van der Waals surface area (Å²) < 4.78 is 26.5. The number of carboxylic acids is 1. The zero-order chi connectivity index (χ0) is 14.2. The number of carbonyl (C=O) groups is 2. The van der Waals surface area contributed by atoms with Gasteiger partial charge in [-0.2, -0.15) is 0 Å². The summed E-state index contributed by atoms with van der Waals surface area (Å²) in [7, 11) is 0. The van der Waals surface area contributed by atoms with Crippen molar-refractivity contribution < 1.29 is 23.5 Å². The minimum absolute atomic E-state index is 0.175. The number of amides is 1. The zero-order valence-electron chi connectivity index (χ0n) is 10.2. The van der Waals surface area contributed by atoms with E-state index in [4.69, 9.17) is 0 Å². The Morgan fingerprint density at radius 1 is 1.37 bits per heavy atom. The highest BCUT2D eigenvalue weighted by atomic mass is 19.2. The number of nitrogens with one attached hydrogen (secondary N) is 1. The van der Waals surface area contributed by atoms with Crippen LogP contribution in [-0.4, -0.2) is 22.5 Å². The normalized spacial score (nSPS) is 17.6. The van der Waals surface area contributed by atoms with Gasteiger partial charge in [0.25, 0.3) is 5.91 Å². The van der Waals surface area contributed by atoms with E-state index in [1.807, 2.05) is 0 Å². The summed E-state index contributed by atoms with van der Waals surface area (Å²) in [5.74, 6) is -4.70. The van der Waals surface area contributed by atoms with Crippen molar-refractivity contribution >= 4 is 11.9 Å². The summed E-state index contributed by atoms with van der Waals surface area (Å²) in [6.07, 6.45) is 1.38. The van der Waals surface area contributed by atoms with Crippen LogP contribution in [-0.2, 0) is 4.79 Å².